The lowest BCUT2D eigenvalue weighted by molar-refractivity contribution is -0.120. The third-order valence-electron chi connectivity index (χ3n) is 5.50. The van der Waals surface area contributed by atoms with E-state index >= 15 is 0 Å². The summed E-state index contributed by atoms with van der Waals surface area (Å²) in [6.07, 6.45) is 3.64. The van der Waals surface area contributed by atoms with Crippen LogP contribution in [0.2, 0.25) is 5.02 Å². The maximum atomic E-state index is 13.2. The number of imidazole rings is 1. The van der Waals surface area contributed by atoms with Crippen molar-refractivity contribution < 1.29 is 23.5 Å². The summed E-state index contributed by atoms with van der Waals surface area (Å²) in [5, 5.41) is 8.51. The Morgan fingerprint density at radius 1 is 1.24 bits per heavy atom. The number of carbonyl (C=O) groups is 3. The Morgan fingerprint density at radius 3 is 2.64 bits per heavy atom. The molecule has 33 heavy (non-hydrogen) atoms. The highest BCUT2D eigenvalue weighted by Gasteiger charge is 2.29. The van der Waals surface area contributed by atoms with Crippen molar-refractivity contribution in [1.29, 1.82) is 0 Å². The Morgan fingerprint density at radius 2 is 1.97 bits per heavy atom. The van der Waals surface area contributed by atoms with Crippen LogP contribution >= 0.6 is 11.6 Å². The van der Waals surface area contributed by atoms with Gasteiger partial charge in [-0.3, -0.25) is 14.4 Å². The number of aromatic amines is 1. The highest BCUT2D eigenvalue weighted by molar-refractivity contribution is 6.33. The Labute approximate surface area is 195 Å². The number of hydrogen-bond acceptors (Lipinski definition) is 5. The number of halogens is 2. The highest BCUT2D eigenvalue weighted by atomic mass is 35.5. The number of benzene rings is 1. The van der Waals surface area contributed by atoms with Gasteiger partial charge < -0.3 is 25.7 Å². The zero-order valence-electron chi connectivity index (χ0n) is 18.4. The summed E-state index contributed by atoms with van der Waals surface area (Å²) in [7, 11) is 1.53. The molecule has 178 valence electrons. The van der Waals surface area contributed by atoms with Crippen molar-refractivity contribution in [2.45, 2.75) is 44.7 Å². The molecule has 11 heteroatoms. The number of hydrogen-bond donors (Lipinski definition) is 4. The first-order valence-electron chi connectivity index (χ1n) is 10.7. The normalized spacial score (nSPS) is 18.9. The first-order chi connectivity index (χ1) is 15.8. The molecule has 3 rings (SSSR count). The van der Waals surface area contributed by atoms with E-state index in [4.69, 9.17) is 16.3 Å². The maximum Gasteiger partial charge on any atom is 0.272 e. The van der Waals surface area contributed by atoms with Crippen LogP contribution in [0.3, 0.4) is 0 Å². The summed E-state index contributed by atoms with van der Waals surface area (Å²) in [5.41, 5.74) is 0.464. The minimum Gasteiger partial charge on any atom is -0.383 e. The van der Waals surface area contributed by atoms with Crippen molar-refractivity contribution in [2.24, 2.45) is 5.92 Å². The third kappa shape index (κ3) is 6.52. The summed E-state index contributed by atoms with van der Waals surface area (Å²) >= 11 is 5.98. The molecule has 4 N–H and O–H groups in total. The zero-order valence-corrected chi connectivity index (χ0v) is 19.2. The molecule has 0 aliphatic heterocycles. The molecule has 1 aliphatic rings. The first-order valence-corrected chi connectivity index (χ1v) is 11.1. The molecule has 0 bridgehead atoms. The molecule has 2 aromatic rings. The van der Waals surface area contributed by atoms with Crippen LogP contribution < -0.4 is 16.0 Å². The minimum absolute atomic E-state index is 0.0136. The number of H-pyrrole nitrogens is 1. The van der Waals surface area contributed by atoms with Crippen LogP contribution in [0.5, 0.6) is 0 Å². The summed E-state index contributed by atoms with van der Waals surface area (Å²) in [6.45, 7) is 2.12. The van der Waals surface area contributed by atoms with Crippen molar-refractivity contribution in [2.75, 3.05) is 19.0 Å². The standard InChI is InChI=1S/C22H27ClFN5O4/c1-12(10-33-2)27-21(31)18-19(26-11-25-18)22(32)28-15-6-3-13(4-7-15)20(30)29-17-8-5-14(24)9-16(17)23/h5,8-9,11-13,15H,3-4,6-7,10H2,1-2H3,(H,25,26)(H,27,31)(H,28,32)(H,29,30)/t12-,13-,15-/m0/s1. The number of ether oxygens (including phenoxy) is 1. The molecule has 1 saturated carbocycles. The lowest BCUT2D eigenvalue weighted by atomic mass is 9.85. The Kier molecular flexibility index (Phi) is 8.40. The molecule has 0 saturated heterocycles. The van der Waals surface area contributed by atoms with Crippen LogP contribution in [0.4, 0.5) is 10.1 Å². The number of methoxy groups -OCH3 is 1. The van der Waals surface area contributed by atoms with Crippen molar-refractivity contribution in [1.82, 2.24) is 20.6 Å². The second-order valence-corrected chi connectivity index (χ2v) is 8.50. The molecular weight excluding hydrogens is 453 g/mol. The molecular formula is C22H27ClFN5O4. The molecule has 0 unspecified atom stereocenters. The van der Waals surface area contributed by atoms with E-state index in [1.807, 2.05) is 0 Å². The van der Waals surface area contributed by atoms with Crippen molar-refractivity contribution in [3.8, 4) is 0 Å². The maximum absolute atomic E-state index is 13.2. The molecule has 1 fully saturated rings. The van der Waals surface area contributed by atoms with E-state index in [0.717, 1.165) is 6.07 Å². The van der Waals surface area contributed by atoms with E-state index in [9.17, 15) is 18.8 Å². The molecule has 9 nitrogen and oxygen atoms in total. The average molecular weight is 480 g/mol. The summed E-state index contributed by atoms with van der Waals surface area (Å²) in [4.78, 5) is 44.4. The second-order valence-electron chi connectivity index (χ2n) is 8.09. The van der Waals surface area contributed by atoms with E-state index < -0.39 is 17.6 Å². The van der Waals surface area contributed by atoms with Crippen LogP contribution in [0, 0.1) is 11.7 Å². The monoisotopic (exact) mass is 479 g/mol. The van der Waals surface area contributed by atoms with Crippen LogP contribution in [0.25, 0.3) is 0 Å². The smallest absolute Gasteiger partial charge is 0.272 e. The predicted octanol–water partition coefficient (Wildman–Crippen LogP) is 2.89. The van der Waals surface area contributed by atoms with Gasteiger partial charge in [0.1, 0.15) is 11.5 Å². The van der Waals surface area contributed by atoms with E-state index in [-0.39, 0.29) is 40.3 Å². The minimum atomic E-state index is -0.475. The number of aromatic nitrogens is 2. The zero-order chi connectivity index (χ0) is 24.0. The van der Waals surface area contributed by atoms with Crippen molar-refractivity contribution >= 4 is 35.0 Å². The molecule has 1 aromatic heterocycles. The van der Waals surface area contributed by atoms with E-state index in [1.54, 1.807) is 6.92 Å². The quantitative estimate of drug-likeness (QED) is 0.463. The van der Waals surface area contributed by atoms with E-state index in [1.165, 1.54) is 25.6 Å². The summed E-state index contributed by atoms with van der Waals surface area (Å²) < 4.78 is 18.2. The molecule has 0 spiro atoms. The average Bonchev–Trinajstić information content (AvgIpc) is 3.26. The fourth-order valence-corrected chi connectivity index (χ4v) is 4.02. The van der Waals surface area contributed by atoms with Gasteiger partial charge in [0, 0.05) is 25.1 Å². The predicted molar refractivity (Wildman–Crippen MR) is 121 cm³/mol. The topological polar surface area (TPSA) is 125 Å². The van der Waals surface area contributed by atoms with Crippen LogP contribution in [-0.4, -0.2) is 53.5 Å². The largest absolute Gasteiger partial charge is 0.383 e. The first kappa shape index (κ1) is 24.7. The molecule has 1 heterocycles. The lowest BCUT2D eigenvalue weighted by Gasteiger charge is -2.28. The van der Waals surface area contributed by atoms with Gasteiger partial charge in [0.25, 0.3) is 11.8 Å². The Balaban J connectivity index is 1.51. The number of anilines is 1. The van der Waals surface area contributed by atoms with Crippen molar-refractivity contribution in [3.05, 3.63) is 46.8 Å². The molecule has 1 aromatic carbocycles. The van der Waals surface area contributed by atoms with E-state index in [0.29, 0.717) is 38.0 Å². The van der Waals surface area contributed by atoms with Gasteiger partial charge in [-0.05, 0) is 50.8 Å². The van der Waals surface area contributed by atoms with Gasteiger partial charge in [-0.15, -0.1) is 0 Å². The van der Waals surface area contributed by atoms with Gasteiger partial charge in [-0.1, -0.05) is 11.6 Å². The van der Waals surface area contributed by atoms with Crippen LogP contribution in [-0.2, 0) is 9.53 Å². The molecule has 0 radical (unpaired) electrons. The van der Waals surface area contributed by atoms with Gasteiger partial charge >= 0.3 is 0 Å². The number of amides is 3. The van der Waals surface area contributed by atoms with Crippen molar-refractivity contribution in [3.63, 3.8) is 0 Å². The number of carbonyl (C=O) groups excluding carboxylic acids is 3. The SMILES string of the molecule is COC[C@H](C)NC(=O)c1nc[nH]c1C(=O)N[C@H]1CC[C@H](C(=O)Nc2ccc(F)cc2Cl)CC1. The van der Waals surface area contributed by atoms with Gasteiger partial charge in [-0.25, -0.2) is 9.37 Å². The fourth-order valence-electron chi connectivity index (χ4n) is 3.81. The summed E-state index contributed by atoms with van der Waals surface area (Å²) in [6, 6.07) is 3.43. The lowest BCUT2D eigenvalue weighted by Crippen LogP contribution is -2.41. The Hall–Kier alpha value is -2.98. The number of nitrogens with one attached hydrogen (secondary N) is 4. The van der Waals surface area contributed by atoms with Crippen LogP contribution in [0.15, 0.2) is 24.5 Å². The second kappa shape index (κ2) is 11.2. The van der Waals surface area contributed by atoms with E-state index in [2.05, 4.69) is 25.9 Å². The fraction of sp³-hybridized carbons (Fsp3) is 0.455. The van der Waals surface area contributed by atoms with Gasteiger partial charge in [0.2, 0.25) is 5.91 Å². The highest BCUT2D eigenvalue weighted by Crippen LogP contribution is 2.28. The van der Waals surface area contributed by atoms with Crippen LogP contribution in [0.1, 0.15) is 53.6 Å². The number of nitrogens with zero attached hydrogens (tertiary/aromatic N) is 1. The molecule has 1 aliphatic carbocycles. The third-order valence-corrected chi connectivity index (χ3v) is 5.81. The Bertz CT molecular complexity index is 1010. The van der Waals surface area contributed by atoms with Gasteiger partial charge in [-0.2, -0.15) is 0 Å². The molecule has 1 atom stereocenters. The molecule has 3 amide bonds. The van der Waals surface area contributed by atoms with Gasteiger partial charge in [0.15, 0.2) is 5.69 Å². The number of rotatable bonds is 8. The summed E-state index contributed by atoms with van der Waals surface area (Å²) in [5.74, 6) is -1.80. The van der Waals surface area contributed by atoms with Gasteiger partial charge in [0.05, 0.1) is 23.6 Å².